The second-order valence-electron chi connectivity index (χ2n) is 7.05. The summed E-state index contributed by atoms with van der Waals surface area (Å²) < 4.78 is 0. The number of hydrogen-bond donors (Lipinski definition) is 1. The summed E-state index contributed by atoms with van der Waals surface area (Å²) >= 11 is 0. The molecule has 3 nitrogen and oxygen atoms in total. The van der Waals surface area contributed by atoms with Crippen LogP contribution in [0.2, 0.25) is 0 Å². The molecule has 3 aliphatic rings. The Kier molecular flexibility index (Phi) is 4.47. The van der Waals surface area contributed by atoms with Crippen LogP contribution in [0.5, 0.6) is 0 Å². The number of benzene rings is 1. The van der Waals surface area contributed by atoms with Gasteiger partial charge in [0.25, 0.3) is 0 Å². The third-order valence-corrected chi connectivity index (χ3v) is 5.89. The number of amides is 1. The molecule has 4 unspecified atom stereocenters. The van der Waals surface area contributed by atoms with Gasteiger partial charge >= 0.3 is 0 Å². The Morgan fingerprint density at radius 2 is 1.95 bits per heavy atom. The van der Waals surface area contributed by atoms with E-state index in [1.807, 2.05) is 0 Å². The molecule has 120 valence electrons. The zero-order chi connectivity index (χ0) is 14.4. The molecule has 2 fully saturated rings. The van der Waals surface area contributed by atoms with E-state index in [1.165, 1.54) is 17.5 Å². The maximum absolute atomic E-state index is 13.0. The number of halogens is 1. The van der Waals surface area contributed by atoms with Crippen molar-refractivity contribution in [1.82, 2.24) is 4.90 Å². The van der Waals surface area contributed by atoms with Gasteiger partial charge in [0.15, 0.2) is 0 Å². The third kappa shape index (κ3) is 2.55. The minimum atomic E-state index is 0. The highest BCUT2D eigenvalue weighted by atomic mass is 35.5. The molecule has 1 aromatic rings. The third-order valence-electron chi connectivity index (χ3n) is 5.89. The van der Waals surface area contributed by atoms with Crippen LogP contribution in [0.3, 0.4) is 0 Å². The van der Waals surface area contributed by atoms with Crippen LogP contribution in [0.25, 0.3) is 0 Å². The van der Waals surface area contributed by atoms with Crippen LogP contribution >= 0.6 is 12.4 Å². The van der Waals surface area contributed by atoms with Gasteiger partial charge in [-0.1, -0.05) is 24.3 Å². The molecule has 0 aromatic heterocycles. The van der Waals surface area contributed by atoms with Gasteiger partial charge in [-0.2, -0.15) is 0 Å². The molecule has 4 atom stereocenters. The van der Waals surface area contributed by atoms with E-state index >= 15 is 0 Å². The van der Waals surface area contributed by atoms with E-state index in [4.69, 9.17) is 5.73 Å². The number of nitrogens with two attached hydrogens (primary N) is 1. The number of carbonyl (C=O) groups excluding carboxylic acids is 1. The number of aryl methyl sites for hydroxylation is 1. The Balaban J connectivity index is 0.00000144. The Morgan fingerprint density at radius 3 is 2.77 bits per heavy atom. The van der Waals surface area contributed by atoms with E-state index in [0.29, 0.717) is 23.8 Å². The second-order valence-corrected chi connectivity index (χ2v) is 7.05. The van der Waals surface area contributed by atoms with Gasteiger partial charge in [0, 0.05) is 19.1 Å². The van der Waals surface area contributed by atoms with Gasteiger partial charge in [0.05, 0.1) is 5.92 Å². The van der Waals surface area contributed by atoms with Gasteiger partial charge in [0.2, 0.25) is 5.91 Å². The molecule has 1 saturated heterocycles. The molecular weight excluding hydrogens is 296 g/mol. The first-order chi connectivity index (χ1) is 10.2. The number of rotatable bonds is 1. The maximum atomic E-state index is 13.0. The van der Waals surface area contributed by atoms with Crippen LogP contribution in [0.4, 0.5) is 0 Å². The molecule has 0 radical (unpaired) electrons. The molecule has 2 N–H and O–H groups in total. The first-order valence-corrected chi connectivity index (χ1v) is 8.36. The van der Waals surface area contributed by atoms with Crippen LogP contribution in [-0.4, -0.2) is 29.9 Å². The van der Waals surface area contributed by atoms with Crippen molar-refractivity contribution in [2.75, 3.05) is 13.1 Å². The first-order valence-electron chi connectivity index (χ1n) is 8.36. The van der Waals surface area contributed by atoms with E-state index < -0.39 is 0 Å². The summed E-state index contributed by atoms with van der Waals surface area (Å²) in [7, 11) is 0. The number of hydrogen-bond acceptors (Lipinski definition) is 2. The lowest BCUT2D eigenvalue weighted by Gasteiger charge is -2.29. The summed E-state index contributed by atoms with van der Waals surface area (Å²) in [5.41, 5.74) is 8.85. The lowest BCUT2D eigenvalue weighted by atomic mass is 9.82. The zero-order valence-corrected chi connectivity index (χ0v) is 13.7. The molecule has 4 heteroatoms. The average Bonchev–Trinajstić information content (AvgIpc) is 3.08. The van der Waals surface area contributed by atoms with Crippen molar-refractivity contribution >= 4 is 18.3 Å². The summed E-state index contributed by atoms with van der Waals surface area (Å²) in [6.45, 7) is 1.83. The topological polar surface area (TPSA) is 46.3 Å². The van der Waals surface area contributed by atoms with E-state index in [9.17, 15) is 4.79 Å². The predicted octanol–water partition coefficient (Wildman–Crippen LogP) is 2.72. The quantitative estimate of drug-likeness (QED) is 0.865. The summed E-state index contributed by atoms with van der Waals surface area (Å²) in [4.78, 5) is 15.1. The standard InChI is InChI=1S/C18H24N2O.ClH/c19-17-9-8-13-10-20(11-16(13)17)18(21)15-7-3-5-12-4-1-2-6-14(12)15;/h1-2,4,6,13,15-17H,3,5,7-11,19H2;1H. The normalized spacial score (nSPS) is 33.0. The number of carbonyl (C=O) groups is 1. The van der Waals surface area contributed by atoms with Crippen molar-refractivity contribution in [2.24, 2.45) is 17.6 Å². The maximum Gasteiger partial charge on any atom is 0.230 e. The Bertz CT molecular complexity index is 562. The van der Waals surface area contributed by atoms with Crippen molar-refractivity contribution in [3.8, 4) is 0 Å². The Labute approximate surface area is 138 Å². The molecule has 1 aliphatic heterocycles. The predicted molar refractivity (Wildman–Crippen MR) is 90.1 cm³/mol. The largest absolute Gasteiger partial charge is 0.342 e. The van der Waals surface area contributed by atoms with Crippen molar-refractivity contribution in [3.05, 3.63) is 35.4 Å². The van der Waals surface area contributed by atoms with Gasteiger partial charge < -0.3 is 10.6 Å². The highest BCUT2D eigenvalue weighted by Gasteiger charge is 2.44. The van der Waals surface area contributed by atoms with E-state index in [-0.39, 0.29) is 18.3 Å². The number of fused-ring (bicyclic) bond motifs is 2. The van der Waals surface area contributed by atoms with Crippen LogP contribution in [0, 0.1) is 11.8 Å². The van der Waals surface area contributed by atoms with Gasteiger partial charge in [0.1, 0.15) is 0 Å². The van der Waals surface area contributed by atoms with E-state index in [2.05, 4.69) is 29.2 Å². The molecule has 0 bridgehead atoms. The molecule has 0 spiro atoms. The van der Waals surface area contributed by atoms with E-state index in [1.54, 1.807) is 0 Å². The van der Waals surface area contributed by atoms with Gasteiger partial charge in [-0.25, -0.2) is 0 Å². The van der Waals surface area contributed by atoms with Gasteiger partial charge in [-0.15, -0.1) is 12.4 Å². The summed E-state index contributed by atoms with van der Waals surface area (Å²) in [5, 5.41) is 0. The molecule has 1 heterocycles. The van der Waals surface area contributed by atoms with Crippen molar-refractivity contribution in [1.29, 1.82) is 0 Å². The highest BCUT2D eigenvalue weighted by molar-refractivity contribution is 5.85. The molecule has 1 aromatic carbocycles. The smallest absolute Gasteiger partial charge is 0.230 e. The lowest BCUT2D eigenvalue weighted by Crippen LogP contribution is -2.37. The van der Waals surface area contributed by atoms with Crippen LogP contribution in [0.15, 0.2) is 24.3 Å². The number of likely N-dealkylation sites (tertiary alicyclic amines) is 1. The molecule has 4 rings (SSSR count). The highest BCUT2D eigenvalue weighted by Crippen LogP contribution is 2.40. The minimum Gasteiger partial charge on any atom is -0.342 e. The zero-order valence-electron chi connectivity index (χ0n) is 12.9. The Morgan fingerprint density at radius 1 is 1.14 bits per heavy atom. The monoisotopic (exact) mass is 320 g/mol. The first kappa shape index (κ1) is 15.8. The number of nitrogens with zero attached hydrogens (tertiary/aromatic N) is 1. The van der Waals surface area contributed by atoms with Gasteiger partial charge in [-0.3, -0.25) is 4.79 Å². The fourth-order valence-corrected chi connectivity index (χ4v) is 4.72. The van der Waals surface area contributed by atoms with Gasteiger partial charge in [-0.05, 0) is 55.1 Å². The van der Waals surface area contributed by atoms with E-state index in [0.717, 1.165) is 38.8 Å². The Hall–Kier alpha value is -1.06. The molecule has 1 amide bonds. The fraction of sp³-hybridized carbons (Fsp3) is 0.611. The molecular formula is C18H25ClN2O. The van der Waals surface area contributed by atoms with Crippen molar-refractivity contribution in [2.45, 2.75) is 44.1 Å². The van der Waals surface area contributed by atoms with Crippen molar-refractivity contribution in [3.63, 3.8) is 0 Å². The fourth-order valence-electron chi connectivity index (χ4n) is 4.72. The second kappa shape index (κ2) is 6.21. The van der Waals surface area contributed by atoms with Crippen LogP contribution < -0.4 is 5.73 Å². The summed E-state index contributed by atoms with van der Waals surface area (Å²) in [5.74, 6) is 1.64. The summed E-state index contributed by atoms with van der Waals surface area (Å²) in [6, 6.07) is 8.80. The average molecular weight is 321 g/mol. The van der Waals surface area contributed by atoms with Crippen molar-refractivity contribution < 1.29 is 4.79 Å². The molecule has 1 saturated carbocycles. The van der Waals surface area contributed by atoms with Crippen LogP contribution in [0.1, 0.15) is 42.7 Å². The van der Waals surface area contributed by atoms with Crippen LogP contribution in [-0.2, 0) is 11.2 Å². The molecule has 2 aliphatic carbocycles. The molecule has 22 heavy (non-hydrogen) atoms. The minimum absolute atomic E-state index is 0. The lowest BCUT2D eigenvalue weighted by molar-refractivity contribution is -0.132. The summed E-state index contributed by atoms with van der Waals surface area (Å²) in [6.07, 6.45) is 5.61. The SMILES string of the molecule is Cl.NC1CCC2CN(C(=O)C3CCCc4ccccc43)CC12.